The Morgan fingerprint density at radius 1 is 0.969 bits per heavy atom. The van der Waals surface area contributed by atoms with E-state index >= 15 is 0 Å². The first-order valence-corrected chi connectivity index (χ1v) is 13.6. The van der Waals surface area contributed by atoms with E-state index in [-0.39, 0.29) is 0 Å². The van der Waals surface area contributed by atoms with Crippen molar-refractivity contribution >= 4 is 38.3 Å². The summed E-state index contributed by atoms with van der Waals surface area (Å²) in [7, 11) is -3.65. The second-order valence-electron chi connectivity index (χ2n) is 8.23. The average Bonchev–Trinajstić information content (AvgIpc) is 3.20. The van der Waals surface area contributed by atoms with E-state index in [9.17, 15) is 8.42 Å². The SMILES string of the molecule is Cc1ccc(S(=O)(=O)N(C/C=C/CCCCCC2(C)OCCO2)c2ccc(I)cc2)cc1. The van der Waals surface area contributed by atoms with Gasteiger partial charge in [-0.15, -0.1) is 0 Å². The van der Waals surface area contributed by atoms with E-state index < -0.39 is 15.8 Å². The summed E-state index contributed by atoms with van der Waals surface area (Å²) in [5.74, 6) is -0.409. The van der Waals surface area contributed by atoms with Gasteiger partial charge >= 0.3 is 0 Å². The first-order valence-electron chi connectivity index (χ1n) is 11.1. The molecule has 174 valence electrons. The quantitative estimate of drug-likeness (QED) is 0.188. The van der Waals surface area contributed by atoms with Gasteiger partial charge in [0.1, 0.15) is 0 Å². The summed E-state index contributed by atoms with van der Waals surface area (Å²) in [6.07, 6.45) is 9.06. The molecule has 7 heteroatoms. The van der Waals surface area contributed by atoms with Crippen molar-refractivity contribution in [1.29, 1.82) is 0 Å². The predicted molar refractivity (Wildman–Crippen MR) is 137 cm³/mol. The first kappa shape index (κ1) is 25.2. The van der Waals surface area contributed by atoms with Crippen LogP contribution in [0.1, 0.15) is 44.6 Å². The Bertz CT molecular complexity index is 982. The second kappa shape index (κ2) is 11.6. The van der Waals surface area contributed by atoms with E-state index in [2.05, 4.69) is 28.7 Å². The molecule has 0 N–H and O–H groups in total. The van der Waals surface area contributed by atoms with Crippen molar-refractivity contribution in [1.82, 2.24) is 0 Å². The molecule has 0 saturated carbocycles. The fourth-order valence-corrected chi connectivity index (χ4v) is 5.44. The number of hydrogen-bond acceptors (Lipinski definition) is 4. The molecule has 1 aliphatic heterocycles. The van der Waals surface area contributed by atoms with Crippen LogP contribution in [0.25, 0.3) is 0 Å². The maximum Gasteiger partial charge on any atom is 0.264 e. The van der Waals surface area contributed by atoms with E-state index in [4.69, 9.17) is 9.47 Å². The molecule has 0 aromatic heterocycles. The van der Waals surface area contributed by atoms with E-state index in [1.54, 1.807) is 12.1 Å². The van der Waals surface area contributed by atoms with E-state index in [0.717, 1.165) is 41.2 Å². The molecule has 0 aliphatic carbocycles. The molecule has 2 aromatic rings. The fourth-order valence-electron chi connectivity index (χ4n) is 3.66. The van der Waals surface area contributed by atoms with Crippen LogP contribution in [0.15, 0.2) is 65.6 Å². The van der Waals surface area contributed by atoms with Crippen LogP contribution in [0.3, 0.4) is 0 Å². The Labute approximate surface area is 206 Å². The number of sulfonamides is 1. The van der Waals surface area contributed by atoms with Crippen molar-refractivity contribution in [2.24, 2.45) is 0 Å². The monoisotopic (exact) mass is 569 g/mol. The number of unbranched alkanes of at least 4 members (excludes halogenated alkanes) is 3. The lowest BCUT2D eigenvalue weighted by molar-refractivity contribution is -0.147. The molecule has 0 bridgehead atoms. The number of halogens is 1. The summed E-state index contributed by atoms with van der Waals surface area (Å²) < 4.78 is 40.5. The molecule has 1 saturated heterocycles. The number of benzene rings is 2. The molecule has 2 aromatic carbocycles. The van der Waals surface area contributed by atoms with Crippen molar-refractivity contribution in [3.8, 4) is 0 Å². The van der Waals surface area contributed by atoms with Crippen LogP contribution in [-0.4, -0.2) is 34.0 Å². The minimum absolute atomic E-state index is 0.302. The van der Waals surface area contributed by atoms with Crippen LogP contribution in [-0.2, 0) is 19.5 Å². The molecule has 1 heterocycles. The van der Waals surface area contributed by atoms with Crippen LogP contribution in [0, 0.1) is 10.5 Å². The Hall–Kier alpha value is -1.42. The molecule has 0 amide bonds. The molecule has 0 unspecified atom stereocenters. The largest absolute Gasteiger partial charge is 0.348 e. The van der Waals surface area contributed by atoms with Crippen molar-refractivity contribution in [2.45, 2.75) is 56.6 Å². The van der Waals surface area contributed by atoms with Gasteiger partial charge in [-0.2, -0.15) is 0 Å². The van der Waals surface area contributed by atoms with Crippen molar-refractivity contribution in [2.75, 3.05) is 24.1 Å². The van der Waals surface area contributed by atoms with Crippen LogP contribution >= 0.6 is 22.6 Å². The number of anilines is 1. The van der Waals surface area contributed by atoms with Crippen molar-refractivity contribution < 1.29 is 17.9 Å². The molecule has 0 radical (unpaired) electrons. The van der Waals surface area contributed by atoms with Gasteiger partial charge < -0.3 is 9.47 Å². The Kier molecular flexibility index (Phi) is 9.16. The predicted octanol–water partition coefficient (Wildman–Crippen LogP) is 6.06. The molecule has 1 aliphatic rings. The molecule has 5 nitrogen and oxygen atoms in total. The lowest BCUT2D eigenvalue weighted by Crippen LogP contribution is -2.31. The van der Waals surface area contributed by atoms with Gasteiger partial charge in [0, 0.05) is 9.99 Å². The van der Waals surface area contributed by atoms with Gasteiger partial charge in [0.15, 0.2) is 5.79 Å². The summed E-state index contributed by atoms with van der Waals surface area (Å²) in [5, 5.41) is 0. The van der Waals surface area contributed by atoms with Gasteiger partial charge in [0.05, 0.1) is 30.3 Å². The van der Waals surface area contributed by atoms with E-state index in [1.807, 2.05) is 56.3 Å². The number of hydrogen-bond donors (Lipinski definition) is 0. The summed E-state index contributed by atoms with van der Waals surface area (Å²) in [6, 6.07) is 14.6. The summed E-state index contributed by atoms with van der Waals surface area (Å²) in [4.78, 5) is 0.305. The van der Waals surface area contributed by atoms with Gasteiger partial charge in [-0.05, 0) is 92.1 Å². The summed E-state index contributed by atoms with van der Waals surface area (Å²) >= 11 is 2.22. The molecule has 3 rings (SSSR count). The van der Waals surface area contributed by atoms with Gasteiger partial charge in [0.25, 0.3) is 10.0 Å². The lowest BCUT2D eigenvalue weighted by Gasteiger charge is -2.23. The normalized spacial score (nSPS) is 16.0. The highest BCUT2D eigenvalue weighted by atomic mass is 127. The van der Waals surface area contributed by atoms with Crippen molar-refractivity contribution in [3.05, 3.63) is 69.8 Å². The maximum absolute atomic E-state index is 13.4. The van der Waals surface area contributed by atoms with Crippen LogP contribution in [0.5, 0.6) is 0 Å². The summed E-state index contributed by atoms with van der Waals surface area (Å²) in [6.45, 7) is 5.62. The maximum atomic E-state index is 13.4. The molecule has 1 fully saturated rings. The van der Waals surface area contributed by atoms with Gasteiger partial charge in [-0.1, -0.05) is 36.3 Å². The number of nitrogens with zero attached hydrogens (tertiary/aromatic N) is 1. The third kappa shape index (κ3) is 7.04. The van der Waals surface area contributed by atoms with Crippen LogP contribution in [0.4, 0.5) is 5.69 Å². The standard InChI is InChI=1S/C25H32INO4S/c1-21-9-15-24(16-10-21)32(28,29)27(23-13-11-22(26)12-14-23)18-8-6-4-3-5-7-17-25(2)30-19-20-31-25/h6,8-16H,3-5,7,17-20H2,1-2H3/b8-6+. The van der Waals surface area contributed by atoms with Crippen LogP contribution in [0.2, 0.25) is 0 Å². The van der Waals surface area contributed by atoms with Gasteiger partial charge in [-0.25, -0.2) is 8.42 Å². The second-order valence-corrected chi connectivity index (χ2v) is 11.3. The lowest BCUT2D eigenvalue weighted by atomic mass is 10.1. The summed E-state index contributed by atoms with van der Waals surface area (Å²) in [5.41, 5.74) is 1.70. The first-order chi connectivity index (χ1) is 15.3. The van der Waals surface area contributed by atoms with E-state index in [1.165, 1.54) is 4.31 Å². The number of rotatable bonds is 11. The molecule has 32 heavy (non-hydrogen) atoms. The average molecular weight is 570 g/mol. The fraction of sp³-hybridized carbons (Fsp3) is 0.440. The molecule has 0 atom stereocenters. The van der Waals surface area contributed by atoms with Crippen LogP contribution < -0.4 is 4.31 Å². The smallest absolute Gasteiger partial charge is 0.264 e. The third-order valence-electron chi connectivity index (χ3n) is 5.56. The Balaban J connectivity index is 1.58. The number of allylic oxidation sites excluding steroid dienone is 1. The Morgan fingerprint density at radius 2 is 1.62 bits per heavy atom. The highest BCUT2D eigenvalue weighted by Gasteiger charge is 2.29. The molecule has 0 spiro atoms. The number of aryl methyl sites for hydroxylation is 1. The zero-order chi connectivity index (χ0) is 23.0. The zero-order valence-corrected chi connectivity index (χ0v) is 21.8. The highest BCUT2D eigenvalue weighted by molar-refractivity contribution is 14.1. The number of ether oxygens (including phenoxy) is 2. The highest BCUT2D eigenvalue weighted by Crippen LogP contribution is 2.26. The zero-order valence-electron chi connectivity index (χ0n) is 18.8. The minimum atomic E-state index is -3.65. The van der Waals surface area contributed by atoms with E-state index in [0.29, 0.717) is 30.3 Å². The molecular weight excluding hydrogens is 537 g/mol. The van der Waals surface area contributed by atoms with Gasteiger partial charge in [-0.3, -0.25) is 4.31 Å². The van der Waals surface area contributed by atoms with Crippen molar-refractivity contribution in [3.63, 3.8) is 0 Å². The Morgan fingerprint density at radius 3 is 2.28 bits per heavy atom. The topological polar surface area (TPSA) is 55.8 Å². The minimum Gasteiger partial charge on any atom is -0.348 e. The molecular formula is C25H32INO4S. The third-order valence-corrected chi connectivity index (χ3v) is 8.09. The van der Waals surface area contributed by atoms with Gasteiger partial charge in [0.2, 0.25) is 0 Å².